The van der Waals surface area contributed by atoms with Gasteiger partial charge >= 0.3 is 0 Å². The van der Waals surface area contributed by atoms with E-state index in [2.05, 4.69) is 0 Å². The maximum atomic E-state index is 13.5. The van der Waals surface area contributed by atoms with E-state index in [0.29, 0.717) is 6.54 Å². The molecule has 0 radical (unpaired) electrons. The van der Waals surface area contributed by atoms with E-state index in [1.54, 1.807) is 6.07 Å². The van der Waals surface area contributed by atoms with Crippen molar-refractivity contribution in [2.45, 2.75) is 18.3 Å². The molecule has 1 saturated carbocycles. The number of phenols is 1. The molecule has 2 rings (SSSR count). The normalized spacial score (nSPS) is 17.5. The smallest absolute Gasteiger partial charge is 0.206 e. The Morgan fingerprint density at radius 1 is 1.53 bits per heavy atom. The lowest BCUT2D eigenvalue weighted by Crippen LogP contribution is -2.20. The second-order valence-electron chi connectivity index (χ2n) is 3.96. The molecule has 3 nitrogen and oxygen atoms in total. The third kappa shape index (κ3) is 1.45. The highest BCUT2D eigenvalue weighted by Gasteiger charge is 2.45. The number of rotatable bonds is 3. The van der Waals surface area contributed by atoms with E-state index in [-0.39, 0.29) is 16.9 Å². The third-order valence-electron chi connectivity index (χ3n) is 3.10. The summed E-state index contributed by atoms with van der Waals surface area (Å²) in [6.07, 6.45) is 1.90. The van der Waals surface area contributed by atoms with E-state index in [9.17, 15) is 9.50 Å². The van der Waals surface area contributed by atoms with Gasteiger partial charge in [0.1, 0.15) is 0 Å². The van der Waals surface area contributed by atoms with E-state index in [0.717, 1.165) is 18.4 Å². The number of halogens is 1. The molecular weight excluding hydrogens is 197 g/mol. The fourth-order valence-electron chi connectivity index (χ4n) is 1.90. The summed E-state index contributed by atoms with van der Waals surface area (Å²) in [4.78, 5) is 0. The predicted octanol–water partition coefficient (Wildman–Crippen LogP) is 1.53. The number of ether oxygens (including phenoxy) is 1. The fraction of sp³-hybridized carbons (Fsp3) is 0.455. The minimum atomic E-state index is -0.699. The Morgan fingerprint density at radius 2 is 2.20 bits per heavy atom. The number of hydrogen-bond acceptors (Lipinski definition) is 3. The average molecular weight is 211 g/mol. The van der Waals surface area contributed by atoms with Crippen LogP contribution in [0.3, 0.4) is 0 Å². The summed E-state index contributed by atoms with van der Waals surface area (Å²) in [7, 11) is 1.40. The molecule has 0 aromatic heterocycles. The van der Waals surface area contributed by atoms with E-state index in [1.807, 2.05) is 0 Å². The molecule has 1 aromatic rings. The fourth-order valence-corrected chi connectivity index (χ4v) is 1.90. The Labute approximate surface area is 87.7 Å². The number of phenolic OH excluding ortho intramolecular Hbond substituents is 1. The minimum absolute atomic E-state index is 0.123. The van der Waals surface area contributed by atoms with Gasteiger partial charge in [-0.15, -0.1) is 0 Å². The molecule has 1 fully saturated rings. The van der Waals surface area contributed by atoms with Gasteiger partial charge in [0.15, 0.2) is 11.5 Å². The summed E-state index contributed by atoms with van der Waals surface area (Å²) >= 11 is 0. The van der Waals surface area contributed by atoms with Crippen molar-refractivity contribution in [1.29, 1.82) is 0 Å². The molecule has 0 heterocycles. The van der Waals surface area contributed by atoms with Crippen molar-refractivity contribution in [3.05, 3.63) is 23.5 Å². The summed E-state index contributed by atoms with van der Waals surface area (Å²) < 4.78 is 18.5. The van der Waals surface area contributed by atoms with E-state index in [1.165, 1.54) is 13.2 Å². The maximum Gasteiger partial charge on any atom is 0.206 e. The van der Waals surface area contributed by atoms with Gasteiger partial charge in [0, 0.05) is 17.5 Å². The van der Waals surface area contributed by atoms with Crippen LogP contribution in [0.15, 0.2) is 12.1 Å². The zero-order valence-corrected chi connectivity index (χ0v) is 8.59. The first-order valence-electron chi connectivity index (χ1n) is 4.90. The van der Waals surface area contributed by atoms with Gasteiger partial charge in [0.2, 0.25) is 5.82 Å². The topological polar surface area (TPSA) is 55.5 Å². The first kappa shape index (κ1) is 10.2. The van der Waals surface area contributed by atoms with Crippen molar-refractivity contribution >= 4 is 0 Å². The van der Waals surface area contributed by atoms with Gasteiger partial charge in [-0.1, -0.05) is 6.07 Å². The van der Waals surface area contributed by atoms with Crippen LogP contribution in [0, 0.1) is 5.82 Å². The molecule has 1 aliphatic carbocycles. The van der Waals surface area contributed by atoms with Gasteiger partial charge in [-0.05, 0) is 18.9 Å². The van der Waals surface area contributed by atoms with Crippen LogP contribution in [0.25, 0.3) is 0 Å². The third-order valence-corrected chi connectivity index (χ3v) is 3.10. The largest absolute Gasteiger partial charge is 0.505 e. The summed E-state index contributed by atoms with van der Waals surface area (Å²) in [5.41, 5.74) is 6.30. The summed E-state index contributed by atoms with van der Waals surface area (Å²) in [6.45, 7) is 0.480. The molecule has 82 valence electrons. The number of aromatic hydroxyl groups is 1. The first-order valence-corrected chi connectivity index (χ1v) is 4.90. The molecular formula is C11H14FNO2. The van der Waals surface area contributed by atoms with Gasteiger partial charge in [0.25, 0.3) is 0 Å². The number of hydrogen-bond donors (Lipinski definition) is 2. The van der Waals surface area contributed by atoms with Crippen LogP contribution < -0.4 is 10.5 Å². The standard InChI is InChI=1S/C11H14FNO2/c1-15-10-7(11(6-13)4-5-11)2-3-8(14)9(10)12/h2-3,14H,4-6,13H2,1H3. The van der Waals surface area contributed by atoms with Crippen LogP contribution in [-0.4, -0.2) is 18.8 Å². The molecule has 0 unspecified atom stereocenters. The Kier molecular flexibility index (Phi) is 2.31. The zero-order chi connectivity index (χ0) is 11.1. The van der Waals surface area contributed by atoms with Crippen molar-refractivity contribution in [2.75, 3.05) is 13.7 Å². The highest BCUT2D eigenvalue weighted by Crippen LogP contribution is 2.51. The van der Waals surface area contributed by atoms with Crippen molar-refractivity contribution in [1.82, 2.24) is 0 Å². The van der Waals surface area contributed by atoms with Crippen molar-refractivity contribution in [3.8, 4) is 11.5 Å². The highest BCUT2D eigenvalue weighted by atomic mass is 19.1. The molecule has 1 aliphatic rings. The summed E-state index contributed by atoms with van der Waals surface area (Å²) in [5, 5.41) is 9.23. The predicted molar refractivity (Wildman–Crippen MR) is 54.6 cm³/mol. The minimum Gasteiger partial charge on any atom is -0.505 e. The molecule has 4 heteroatoms. The van der Waals surface area contributed by atoms with Crippen LogP contribution in [0.1, 0.15) is 18.4 Å². The van der Waals surface area contributed by atoms with Gasteiger partial charge in [-0.3, -0.25) is 0 Å². The lowest BCUT2D eigenvalue weighted by atomic mass is 9.95. The van der Waals surface area contributed by atoms with E-state index >= 15 is 0 Å². The van der Waals surface area contributed by atoms with Gasteiger partial charge in [-0.2, -0.15) is 4.39 Å². The van der Waals surface area contributed by atoms with Crippen molar-refractivity contribution in [2.24, 2.45) is 5.73 Å². The Morgan fingerprint density at radius 3 is 2.67 bits per heavy atom. The summed E-state index contributed by atoms with van der Waals surface area (Å²) in [6, 6.07) is 3.04. The SMILES string of the molecule is COc1c(C2(CN)CC2)ccc(O)c1F. The first-order chi connectivity index (χ1) is 7.14. The molecule has 0 saturated heterocycles. The Bertz CT molecular complexity index is 388. The Hall–Kier alpha value is -1.29. The molecule has 1 aromatic carbocycles. The molecule has 0 amide bonds. The van der Waals surface area contributed by atoms with Crippen molar-refractivity contribution in [3.63, 3.8) is 0 Å². The second-order valence-corrected chi connectivity index (χ2v) is 3.96. The van der Waals surface area contributed by atoms with Gasteiger partial charge < -0.3 is 15.6 Å². The van der Waals surface area contributed by atoms with Gasteiger partial charge in [0.05, 0.1) is 7.11 Å². The van der Waals surface area contributed by atoms with E-state index in [4.69, 9.17) is 10.5 Å². The molecule has 15 heavy (non-hydrogen) atoms. The quantitative estimate of drug-likeness (QED) is 0.797. The van der Waals surface area contributed by atoms with E-state index < -0.39 is 5.82 Å². The monoisotopic (exact) mass is 211 g/mol. The van der Waals surface area contributed by atoms with Crippen LogP contribution in [-0.2, 0) is 5.41 Å². The zero-order valence-electron chi connectivity index (χ0n) is 8.59. The van der Waals surface area contributed by atoms with Gasteiger partial charge in [-0.25, -0.2) is 0 Å². The average Bonchev–Trinajstić information content (AvgIpc) is 3.02. The lowest BCUT2D eigenvalue weighted by molar-refractivity contribution is 0.356. The highest BCUT2D eigenvalue weighted by molar-refractivity contribution is 5.48. The van der Waals surface area contributed by atoms with Crippen LogP contribution >= 0.6 is 0 Å². The molecule has 0 spiro atoms. The molecule has 0 atom stereocenters. The Balaban J connectivity index is 2.52. The molecule has 0 aliphatic heterocycles. The number of nitrogens with two attached hydrogens (primary N) is 1. The van der Waals surface area contributed by atoms with Crippen LogP contribution in [0.5, 0.6) is 11.5 Å². The molecule has 0 bridgehead atoms. The van der Waals surface area contributed by atoms with Crippen LogP contribution in [0.2, 0.25) is 0 Å². The lowest BCUT2D eigenvalue weighted by Gasteiger charge is -2.17. The van der Waals surface area contributed by atoms with Crippen molar-refractivity contribution < 1.29 is 14.2 Å². The van der Waals surface area contributed by atoms with Crippen LogP contribution in [0.4, 0.5) is 4.39 Å². The number of methoxy groups -OCH3 is 1. The molecule has 3 N–H and O–H groups in total. The maximum absolute atomic E-state index is 13.5. The number of benzene rings is 1. The second kappa shape index (κ2) is 3.38. The summed E-state index contributed by atoms with van der Waals surface area (Å²) in [5.74, 6) is -0.962.